The van der Waals surface area contributed by atoms with E-state index < -0.39 is 0 Å². The van der Waals surface area contributed by atoms with E-state index in [1.165, 1.54) is 0 Å². The summed E-state index contributed by atoms with van der Waals surface area (Å²) in [4.78, 5) is 36.0. The fraction of sp³-hybridized carbons (Fsp3) is 0.550. The molecule has 0 radical (unpaired) electrons. The van der Waals surface area contributed by atoms with Crippen molar-refractivity contribution in [3.63, 3.8) is 0 Å². The third-order valence-corrected chi connectivity index (χ3v) is 5.90. The van der Waals surface area contributed by atoms with E-state index in [1.807, 2.05) is 21.9 Å². The predicted molar refractivity (Wildman–Crippen MR) is 102 cm³/mol. The molecule has 3 amide bonds. The monoisotopic (exact) mass is 385 g/mol. The van der Waals surface area contributed by atoms with Crippen LogP contribution in [0.1, 0.15) is 37.1 Å². The molecular formula is C20H27N5O3. The number of nitrogens with zero attached hydrogens (tertiary/aromatic N) is 3. The standard InChI is InChI=1S/C20H27N5O3/c26-18-4-7-20(13-24(18)9-5-16-11-21-15-23-16)6-2-8-25(14-20)19(27)22-12-17-3-1-10-28-17/h1,3,10-11,15H,2,4-9,12-14H2,(H,21,23)(H,22,27)/t20-/m0/s1. The van der Waals surface area contributed by atoms with Crippen molar-refractivity contribution in [2.75, 3.05) is 26.2 Å². The maximum absolute atomic E-state index is 12.6. The molecule has 8 nitrogen and oxygen atoms in total. The molecule has 0 aliphatic carbocycles. The van der Waals surface area contributed by atoms with Gasteiger partial charge in [-0.05, 0) is 31.4 Å². The van der Waals surface area contributed by atoms with Crippen LogP contribution in [0.4, 0.5) is 4.79 Å². The Morgan fingerprint density at radius 3 is 3.07 bits per heavy atom. The van der Waals surface area contributed by atoms with Gasteiger partial charge in [-0.2, -0.15) is 0 Å². The van der Waals surface area contributed by atoms with Crippen molar-refractivity contribution in [1.29, 1.82) is 0 Å². The molecule has 2 fully saturated rings. The number of hydrogen-bond acceptors (Lipinski definition) is 4. The van der Waals surface area contributed by atoms with Gasteiger partial charge in [0, 0.05) is 56.3 Å². The first kappa shape index (κ1) is 18.6. The predicted octanol–water partition coefficient (Wildman–Crippen LogP) is 2.16. The van der Waals surface area contributed by atoms with Gasteiger partial charge in [0.05, 0.1) is 19.1 Å². The summed E-state index contributed by atoms with van der Waals surface area (Å²) >= 11 is 0. The van der Waals surface area contributed by atoms with E-state index in [9.17, 15) is 9.59 Å². The highest BCUT2D eigenvalue weighted by Gasteiger charge is 2.42. The summed E-state index contributed by atoms with van der Waals surface area (Å²) in [6.45, 7) is 3.26. The fourth-order valence-electron chi connectivity index (χ4n) is 4.38. The van der Waals surface area contributed by atoms with Crippen molar-refractivity contribution in [1.82, 2.24) is 25.1 Å². The number of piperidine rings is 2. The van der Waals surface area contributed by atoms with Gasteiger partial charge in [0.25, 0.3) is 0 Å². The number of imidazole rings is 1. The van der Waals surface area contributed by atoms with Gasteiger partial charge < -0.3 is 24.5 Å². The Bertz CT molecular complexity index is 789. The number of amides is 3. The van der Waals surface area contributed by atoms with Gasteiger partial charge in [0.1, 0.15) is 5.76 Å². The summed E-state index contributed by atoms with van der Waals surface area (Å²) in [6.07, 6.45) is 9.28. The van der Waals surface area contributed by atoms with Crippen LogP contribution in [0.5, 0.6) is 0 Å². The number of carbonyl (C=O) groups excluding carboxylic acids is 2. The van der Waals surface area contributed by atoms with Crippen LogP contribution in [0.25, 0.3) is 0 Å². The number of rotatable bonds is 5. The summed E-state index contributed by atoms with van der Waals surface area (Å²) < 4.78 is 5.28. The molecule has 4 heterocycles. The zero-order chi connectivity index (χ0) is 19.4. The summed E-state index contributed by atoms with van der Waals surface area (Å²) in [5, 5.41) is 2.94. The first-order chi connectivity index (χ1) is 13.6. The average Bonchev–Trinajstić information content (AvgIpc) is 3.41. The summed E-state index contributed by atoms with van der Waals surface area (Å²) in [6, 6.07) is 3.60. The number of aromatic amines is 1. The van der Waals surface area contributed by atoms with Crippen LogP contribution in [0.2, 0.25) is 0 Å². The van der Waals surface area contributed by atoms with Crippen molar-refractivity contribution in [2.45, 2.75) is 38.6 Å². The molecule has 1 atom stereocenters. The lowest BCUT2D eigenvalue weighted by molar-refractivity contribution is -0.138. The van der Waals surface area contributed by atoms with Crippen LogP contribution in [0.15, 0.2) is 35.3 Å². The number of carbonyl (C=O) groups is 2. The van der Waals surface area contributed by atoms with Gasteiger partial charge in [0.15, 0.2) is 0 Å². The maximum atomic E-state index is 12.6. The van der Waals surface area contributed by atoms with Crippen LogP contribution >= 0.6 is 0 Å². The Morgan fingerprint density at radius 1 is 1.36 bits per heavy atom. The van der Waals surface area contributed by atoms with Crippen LogP contribution in [0, 0.1) is 5.41 Å². The highest BCUT2D eigenvalue weighted by Crippen LogP contribution is 2.38. The number of nitrogens with one attached hydrogen (secondary N) is 2. The fourth-order valence-corrected chi connectivity index (χ4v) is 4.38. The third-order valence-electron chi connectivity index (χ3n) is 5.90. The lowest BCUT2D eigenvalue weighted by atomic mass is 9.73. The summed E-state index contributed by atoms with van der Waals surface area (Å²) in [5.74, 6) is 0.956. The van der Waals surface area contributed by atoms with Crippen molar-refractivity contribution >= 4 is 11.9 Å². The third kappa shape index (κ3) is 4.21. The van der Waals surface area contributed by atoms with E-state index in [0.717, 1.165) is 50.2 Å². The van der Waals surface area contributed by atoms with Gasteiger partial charge in [-0.15, -0.1) is 0 Å². The molecule has 4 rings (SSSR count). The van der Waals surface area contributed by atoms with Gasteiger partial charge in [-0.3, -0.25) is 4.79 Å². The van der Waals surface area contributed by atoms with E-state index in [-0.39, 0.29) is 17.4 Å². The molecular weight excluding hydrogens is 358 g/mol. The molecule has 28 heavy (non-hydrogen) atoms. The number of hydrogen-bond donors (Lipinski definition) is 2. The number of H-pyrrole nitrogens is 1. The zero-order valence-corrected chi connectivity index (χ0v) is 16.0. The molecule has 0 saturated carbocycles. The first-order valence-corrected chi connectivity index (χ1v) is 9.94. The molecule has 2 aliphatic heterocycles. The minimum atomic E-state index is -0.0589. The maximum Gasteiger partial charge on any atom is 0.317 e. The van der Waals surface area contributed by atoms with E-state index in [0.29, 0.717) is 26.1 Å². The minimum Gasteiger partial charge on any atom is -0.467 e. The molecule has 0 bridgehead atoms. The molecule has 150 valence electrons. The van der Waals surface area contributed by atoms with E-state index in [2.05, 4.69) is 15.3 Å². The van der Waals surface area contributed by atoms with E-state index in [4.69, 9.17) is 4.42 Å². The summed E-state index contributed by atoms with van der Waals surface area (Å²) in [5.41, 5.74) is 1.04. The highest BCUT2D eigenvalue weighted by molar-refractivity contribution is 5.77. The Morgan fingerprint density at radius 2 is 2.29 bits per heavy atom. The molecule has 2 saturated heterocycles. The van der Waals surface area contributed by atoms with Crippen molar-refractivity contribution in [2.24, 2.45) is 5.41 Å². The first-order valence-electron chi connectivity index (χ1n) is 9.94. The topological polar surface area (TPSA) is 94.5 Å². The van der Waals surface area contributed by atoms with Gasteiger partial charge in [-0.1, -0.05) is 0 Å². The lowest BCUT2D eigenvalue weighted by Gasteiger charge is -2.48. The minimum absolute atomic E-state index is 0.00215. The molecule has 2 aliphatic rings. The van der Waals surface area contributed by atoms with Crippen LogP contribution in [-0.4, -0.2) is 57.9 Å². The van der Waals surface area contributed by atoms with E-state index >= 15 is 0 Å². The SMILES string of the molecule is O=C1CC[C@@]2(CCCN(C(=O)NCc3ccco3)C2)CN1CCc1cnc[nH]1. The second kappa shape index (κ2) is 8.08. The number of furan rings is 1. The normalized spacial score (nSPS) is 22.6. The number of aromatic nitrogens is 2. The number of urea groups is 1. The molecule has 0 unspecified atom stereocenters. The Balaban J connectivity index is 1.34. The second-order valence-electron chi connectivity index (χ2n) is 7.91. The summed E-state index contributed by atoms with van der Waals surface area (Å²) in [7, 11) is 0. The van der Waals surface area contributed by atoms with Crippen LogP contribution in [-0.2, 0) is 17.8 Å². The quantitative estimate of drug-likeness (QED) is 0.825. The van der Waals surface area contributed by atoms with Crippen molar-refractivity contribution in [3.05, 3.63) is 42.4 Å². The second-order valence-corrected chi connectivity index (χ2v) is 7.91. The molecule has 2 N–H and O–H groups in total. The Labute approximate surface area is 164 Å². The lowest BCUT2D eigenvalue weighted by Crippen LogP contribution is -2.56. The Kier molecular flexibility index (Phi) is 5.36. The molecule has 2 aromatic heterocycles. The molecule has 1 spiro atoms. The smallest absolute Gasteiger partial charge is 0.317 e. The number of likely N-dealkylation sites (tertiary alicyclic amines) is 2. The van der Waals surface area contributed by atoms with Crippen LogP contribution < -0.4 is 5.32 Å². The van der Waals surface area contributed by atoms with Crippen LogP contribution in [0.3, 0.4) is 0 Å². The molecule has 8 heteroatoms. The molecule has 2 aromatic rings. The average molecular weight is 385 g/mol. The van der Waals surface area contributed by atoms with Gasteiger partial charge in [0.2, 0.25) is 5.91 Å². The Hall–Kier alpha value is -2.77. The van der Waals surface area contributed by atoms with E-state index in [1.54, 1.807) is 18.8 Å². The van der Waals surface area contributed by atoms with Crippen molar-refractivity contribution < 1.29 is 14.0 Å². The van der Waals surface area contributed by atoms with Gasteiger partial charge >= 0.3 is 6.03 Å². The highest BCUT2D eigenvalue weighted by atomic mass is 16.3. The largest absolute Gasteiger partial charge is 0.467 e. The van der Waals surface area contributed by atoms with Gasteiger partial charge in [-0.25, -0.2) is 9.78 Å². The molecule has 0 aromatic carbocycles. The zero-order valence-electron chi connectivity index (χ0n) is 16.0. The van der Waals surface area contributed by atoms with Crippen molar-refractivity contribution in [3.8, 4) is 0 Å².